The molecular formula is C21H19ClN2O6. The van der Waals surface area contributed by atoms with Crippen LogP contribution in [-0.2, 0) is 9.53 Å². The zero-order chi connectivity index (χ0) is 21.6. The molecule has 30 heavy (non-hydrogen) atoms. The van der Waals surface area contributed by atoms with Gasteiger partial charge in [0.1, 0.15) is 11.3 Å². The van der Waals surface area contributed by atoms with Crippen molar-refractivity contribution in [2.75, 3.05) is 21.3 Å². The van der Waals surface area contributed by atoms with Crippen LogP contribution in [0.5, 0.6) is 17.4 Å². The molecule has 2 aromatic rings. The van der Waals surface area contributed by atoms with Gasteiger partial charge in [0, 0.05) is 24.0 Å². The first kappa shape index (κ1) is 20.2. The maximum Gasteiger partial charge on any atom is 0.232 e. The molecule has 2 aliphatic rings. The van der Waals surface area contributed by atoms with Crippen molar-refractivity contribution >= 4 is 23.2 Å². The van der Waals surface area contributed by atoms with Gasteiger partial charge in [-0.2, -0.15) is 0 Å². The minimum atomic E-state index is -1.48. The van der Waals surface area contributed by atoms with Crippen molar-refractivity contribution in [2.45, 2.75) is 18.9 Å². The number of hydrogen-bond acceptors (Lipinski definition) is 8. The van der Waals surface area contributed by atoms with E-state index in [-0.39, 0.29) is 45.8 Å². The number of carbonyl (C=O) groups excluding carboxylic acids is 2. The number of benzene rings is 1. The SMILES string of the molecule is COC1=CC(=O)C[C@@H](C)[C@]12Oc1c(Cl)c(-c3cnc(OC)cn3)cc(OC)c1C2=O. The Kier molecular flexibility index (Phi) is 4.89. The minimum absolute atomic E-state index is 0.135. The molecule has 2 heterocycles. The van der Waals surface area contributed by atoms with E-state index in [1.165, 1.54) is 39.8 Å². The van der Waals surface area contributed by atoms with E-state index in [9.17, 15) is 9.59 Å². The van der Waals surface area contributed by atoms with E-state index in [1.54, 1.807) is 13.0 Å². The Labute approximate surface area is 177 Å². The van der Waals surface area contributed by atoms with Crippen molar-refractivity contribution in [1.29, 1.82) is 0 Å². The summed E-state index contributed by atoms with van der Waals surface area (Å²) in [7, 11) is 4.34. The van der Waals surface area contributed by atoms with Crippen molar-refractivity contribution < 1.29 is 28.5 Å². The van der Waals surface area contributed by atoms with Crippen molar-refractivity contribution in [2.24, 2.45) is 5.92 Å². The van der Waals surface area contributed by atoms with Gasteiger partial charge in [0.2, 0.25) is 17.3 Å². The van der Waals surface area contributed by atoms with Crippen LogP contribution in [-0.4, -0.2) is 48.5 Å². The summed E-state index contributed by atoms with van der Waals surface area (Å²) in [4.78, 5) is 34.1. The lowest BCUT2D eigenvalue weighted by Crippen LogP contribution is -2.51. The largest absolute Gasteiger partial charge is 0.496 e. The van der Waals surface area contributed by atoms with Gasteiger partial charge >= 0.3 is 0 Å². The summed E-state index contributed by atoms with van der Waals surface area (Å²) in [5.74, 6) is -0.0160. The van der Waals surface area contributed by atoms with Gasteiger partial charge < -0.3 is 18.9 Å². The number of allylic oxidation sites excluding steroid dienone is 1. The zero-order valence-corrected chi connectivity index (χ0v) is 17.6. The van der Waals surface area contributed by atoms with Crippen LogP contribution in [0.2, 0.25) is 5.02 Å². The molecule has 0 saturated carbocycles. The highest BCUT2D eigenvalue weighted by molar-refractivity contribution is 6.36. The number of hydrogen-bond donors (Lipinski definition) is 0. The van der Waals surface area contributed by atoms with Crippen LogP contribution < -0.4 is 14.2 Å². The number of ether oxygens (including phenoxy) is 4. The second-order valence-corrected chi connectivity index (χ2v) is 7.42. The molecule has 4 rings (SSSR count). The summed E-state index contributed by atoms with van der Waals surface area (Å²) in [5.41, 5.74) is -0.341. The molecule has 0 amide bonds. The lowest BCUT2D eigenvalue weighted by molar-refractivity contribution is -0.118. The molecule has 0 bridgehead atoms. The molecule has 156 valence electrons. The standard InChI is InChI=1S/C21H19ClN2O6/c1-10-5-11(25)6-15(28-3)21(10)20(26)17-14(27-2)7-12(18(22)19(17)30-21)13-8-24-16(29-4)9-23-13/h6-10H,5H2,1-4H3/t10-,21+/m1/s1. The number of methoxy groups -OCH3 is 3. The third kappa shape index (κ3) is 2.74. The summed E-state index contributed by atoms with van der Waals surface area (Å²) in [6.45, 7) is 1.77. The number of nitrogens with zero attached hydrogens (tertiary/aromatic N) is 2. The van der Waals surface area contributed by atoms with Gasteiger partial charge in [-0.25, -0.2) is 9.97 Å². The molecule has 8 nitrogen and oxygen atoms in total. The number of fused-ring (bicyclic) bond motifs is 1. The Morgan fingerprint density at radius 1 is 1.13 bits per heavy atom. The van der Waals surface area contributed by atoms with E-state index in [4.69, 9.17) is 30.5 Å². The molecule has 0 radical (unpaired) electrons. The van der Waals surface area contributed by atoms with E-state index >= 15 is 0 Å². The van der Waals surface area contributed by atoms with Crippen molar-refractivity contribution in [1.82, 2.24) is 9.97 Å². The van der Waals surface area contributed by atoms with Gasteiger partial charge in [0.25, 0.3) is 0 Å². The normalized spacial score (nSPS) is 22.4. The van der Waals surface area contributed by atoms with E-state index in [1.807, 2.05) is 0 Å². The fourth-order valence-corrected chi connectivity index (χ4v) is 4.20. The highest BCUT2D eigenvalue weighted by Crippen LogP contribution is 2.54. The third-order valence-corrected chi connectivity index (χ3v) is 5.80. The van der Waals surface area contributed by atoms with Crippen LogP contribution in [0.3, 0.4) is 0 Å². The lowest BCUT2D eigenvalue weighted by atomic mass is 9.75. The molecule has 1 aliphatic heterocycles. The fourth-order valence-electron chi connectivity index (χ4n) is 3.92. The van der Waals surface area contributed by atoms with Gasteiger partial charge in [-0.05, 0) is 6.07 Å². The van der Waals surface area contributed by atoms with E-state index in [2.05, 4.69) is 9.97 Å². The molecule has 0 unspecified atom stereocenters. The quantitative estimate of drug-likeness (QED) is 0.729. The minimum Gasteiger partial charge on any atom is -0.496 e. The van der Waals surface area contributed by atoms with Crippen LogP contribution in [0.25, 0.3) is 11.3 Å². The van der Waals surface area contributed by atoms with Gasteiger partial charge in [0.05, 0.1) is 44.4 Å². The summed E-state index contributed by atoms with van der Waals surface area (Å²) < 4.78 is 22.1. The van der Waals surface area contributed by atoms with Gasteiger partial charge in [-0.1, -0.05) is 18.5 Å². The van der Waals surface area contributed by atoms with Crippen LogP contribution in [0, 0.1) is 5.92 Å². The summed E-state index contributed by atoms with van der Waals surface area (Å²) in [6.07, 6.45) is 4.41. The van der Waals surface area contributed by atoms with E-state index in [0.717, 1.165) is 0 Å². The van der Waals surface area contributed by atoms with Crippen molar-refractivity contribution in [3.05, 3.63) is 40.9 Å². The average molecular weight is 431 g/mol. The van der Waals surface area contributed by atoms with Gasteiger partial charge in [-0.3, -0.25) is 9.59 Å². The molecule has 0 saturated heterocycles. The van der Waals surface area contributed by atoms with Crippen LogP contribution >= 0.6 is 11.6 Å². The topological polar surface area (TPSA) is 96.8 Å². The predicted molar refractivity (Wildman–Crippen MR) is 107 cm³/mol. The van der Waals surface area contributed by atoms with E-state index in [0.29, 0.717) is 17.1 Å². The number of Topliss-reactive ketones (excluding diaryl/α,β-unsaturated/α-hetero) is 1. The number of rotatable bonds is 4. The van der Waals surface area contributed by atoms with Crippen LogP contribution in [0.15, 0.2) is 30.3 Å². The molecular weight excluding hydrogens is 412 g/mol. The first-order valence-electron chi connectivity index (χ1n) is 9.17. The summed E-state index contributed by atoms with van der Waals surface area (Å²) >= 11 is 6.67. The van der Waals surface area contributed by atoms with Gasteiger partial charge in [-0.15, -0.1) is 0 Å². The lowest BCUT2D eigenvalue weighted by Gasteiger charge is -2.36. The Balaban J connectivity index is 1.91. The summed E-state index contributed by atoms with van der Waals surface area (Å²) in [5, 5.41) is 0.190. The Bertz CT molecular complexity index is 1080. The summed E-state index contributed by atoms with van der Waals surface area (Å²) in [6, 6.07) is 1.62. The van der Waals surface area contributed by atoms with Crippen molar-refractivity contribution in [3.8, 4) is 28.6 Å². The highest BCUT2D eigenvalue weighted by atomic mass is 35.5. The molecule has 1 aliphatic carbocycles. The monoisotopic (exact) mass is 430 g/mol. The Morgan fingerprint density at radius 3 is 2.50 bits per heavy atom. The average Bonchev–Trinajstić information content (AvgIpc) is 3.06. The number of aromatic nitrogens is 2. The molecule has 1 spiro atoms. The Hall–Kier alpha value is -3.13. The maximum absolute atomic E-state index is 13.6. The smallest absolute Gasteiger partial charge is 0.232 e. The maximum atomic E-state index is 13.6. The number of carbonyl (C=O) groups is 2. The van der Waals surface area contributed by atoms with E-state index < -0.39 is 11.5 Å². The zero-order valence-electron chi connectivity index (χ0n) is 16.8. The van der Waals surface area contributed by atoms with Crippen molar-refractivity contribution in [3.63, 3.8) is 0 Å². The fraction of sp³-hybridized carbons (Fsp3) is 0.333. The highest BCUT2D eigenvalue weighted by Gasteiger charge is 2.59. The molecule has 1 aromatic carbocycles. The molecule has 9 heteroatoms. The molecule has 1 aromatic heterocycles. The second-order valence-electron chi connectivity index (χ2n) is 7.04. The Morgan fingerprint density at radius 2 is 1.90 bits per heavy atom. The molecule has 0 N–H and O–H groups in total. The predicted octanol–water partition coefficient (Wildman–Crippen LogP) is 3.27. The van der Waals surface area contributed by atoms with Crippen LogP contribution in [0.4, 0.5) is 0 Å². The first-order chi connectivity index (χ1) is 14.4. The number of halogens is 1. The number of ketones is 2. The first-order valence-corrected chi connectivity index (χ1v) is 9.54. The molecule has 2 atom stereocenters. The van der Waals surface area contributed by atoms with Gasteiger partial charge in [0.15, 0.2) is 17.3 Å². The molecule has 0 fully saturated rings. The third-order valence-electron chi connectivity index (χ3n) is 5.42. The van der Waals surface area contributed by atoms with Crippen LogP contribution in [0.1, 0.15) is 23.7 Å². The second kappa shape index (κ2) is 7.28.